The maximum atomic E-state index is 5.12. The number of aryl methyl sites for hydroxylation is 2. The molecular weight excluding hydrogens is 412 g/mol. The Bertz CT molecular complexity index is 1170. The third-order valence-corrected chi connectivity index (χ3v) is 7.97. The molecule has 1 aliphatic heterocycles. The highest BCUT2D eigenvalue weighted by Gasteiger charge is 2.26. The number of hydrogen-bond donors (Lipinski definition) is 0. The van der Waals surface area contributed by atoms with Gasteiger partial charge in [-0.25, -0.2) is 15.0 Å². The summed E-state index contributed by atoms with van der Waals surface area (Å²) in [7, 11) is 0. The highest BCUT2D eigenvalue weighted by Crippen LogP contribution is 2.41. The molecule has 2 aliphatic rings. The summed E-state index contributed by atoms with van der Waals surface area (Å²) >= 11 is 3.58. The Morgan fingerprint density at radius 3 is 2.73 bits per heavy atom. The molecule has 1 fully saturated rings. The summed E-state index contributed by atoms with van der Waals surface area (Å²) in [6.45, 7) is 3.96. The Labute approximate surface area is 183 Å². The smallest absolute Gasteiger partial charge is 0.185 e. The van der Waals surface area contributed by atoms with E-state index in [1.54, 1.807) is 17.5 Å². The summed E-state index contributed by atoms with van der Waals surface area (Å²) in [6.07, 6.45) is 10.2. The van der Waals surface area contributed by atoms with E-state index < -0.39 is 0 Å². The average Bonchev–Trinajstić information content (AvgIpc) is 3.49. The Balaban J connectivity index is 1.43. The van der Waals surface area contributed by atoms with Gasteiger partial charge in [-0.05, 0) is 43.4 Å². The molecule has 6 nitrogen and oxygen atoms in total. The minimum Gasteiger partial charge on any atom is -0.354 e. The predicted octanol–water partition coefficient (Wildman–Crippen LogP) is 4.42. The number of thiazole rings is 1. The Morgan fingerprint density at radius 2 is 1.87 bits per heavy atom. The fourth-order valence-electron chi connectivity index (χ4n) is 4.52. The van der Waals surface area contributed by atoms with Crippen LogP contribution in [0.2, 0.25) is 0 Å². The lowest BCUT2D eigenvalue weighted by atomic mass is 10.1. The second-order valence-corrected chi connectivity index (χ2v) is 9.75. The largest absolute Gasteiger partial charge is 0.354 e. The topological polar surface area (TPSA) is 58.0 Å². The fraction of sp³-hybridized carbons (Fsp3) is 0.364. The number of rotatable bonds is 3. The molecule has 5 heterocycles. The van der Waals surface area contributed by atoms with Crippen LogP contribution in [0.4, 0.5) is 10.9 Å². The molecule has 30 heavy (non-hydrogen) atoms. The average molecular weight is 435 g/mol. The van der Waals surface area contributed by atoms with Crippen LogP contribution in [0.3, 0.4) is 0 Å². The van der Waals surface area contributed by atoms with E-state index in [4.69, 9.17) is 9.97 Å². The highest BCUT2D eigenvalue weighted by atomic mass is 32.1. The molecule has 0 bridgehead atoms. The number of pyridine rings is 1. The van der Waals surface area contributed by atoms with Crippen molar-refractivity contribution in [2.24, 2.45) is 0 Å². The predicted molar refractivity (Wildman–Crippen MR) is 124 cm³/mol. The lowest BCUT2D eigenvalue weighted by Crippen LogP contribution is -2.31. The van der Waals surface area contributed by atoms with Gasteiger partial charge in [0.2, 0.25) is 0 Å². The molecule has 1 saturated heterocycles. The minimum atomic E-state index is 0.784. The van der Waals surface area contributed by atoms with Crippen molar-refractivity contribution in [1.29, 1.82) is 0 Å². The monoisotopic (exact) mass is 434 g/mol. The minimum absolute atomic E-state index is 0.784. The second-order valence-electron chi connectivity index (χ2n) is 7.79. The maximum Gasteiger partial charge on any atom is 0.185 e. The lowest BCUT2D eigenvalue weighted by Gasteiger charge is -2.24. The zero-order chi connectivity index (χ0) is 19.9. The van der Waals surface area contributed by atoms with Crippen LogP contribution in [0.1, 0.15) is 23.3 Å². The normalized spacial score (nSPS) is 16.8. The van der Waals surface area contributed by atoms with Gasteiger partial charge in [-0.15, -0.1) is 22.7 Å². The van der Waals surface area contributed by atoms with Crippen LogP contribution in [-0.4, -0.2) is 46.1 Å². The summed E-state index contributed by atoms with van der Waals surface area (Å²) in [5, 5.41) is 4.47. The third-order valence-electron chi connectivity index (χ3n) is 5.95. The third kappa shape index (κ3) is 3.15. The number of nitrogens with zero attached hydrogens (tertiary/aromatic N) is 6. The highest BCUT2D eigenvalue weighted by molar-refractivity contribution is 7.19. The van der Waals surface area contributed by atoms with Crippen molar-refractivity contribution in [3.8, 4) is 11.4 Å². The SMILES string of the molecule is c1cncc(-c2nc(N3CCCN(c4nccs4)CC3)c3c4c(sc3n2)CCC4)c1. The molecule has 8 heteroatoms. The van der Waals surface area contributed by atoms with E-state index in [1.807, 2.05) is 35.9 Å². The summed E-state index contributed by atoms with van der Waals surface area (Å²) < 4.78 is 0. The van der Waals surface area contributed by atoms with Crippen LogP contribution in [-0.2, 0) is 12.8 Å². The van der Waals surface area contributed by atoms with Gasteiger partial charge in [-0.2, -0.15) is 0 Å². The van der Waals surface area contributed by atoms with Crippen molar-refractivity contribution in [3.05, 3.63) is 46.5 Å². The van der Waals surface area contributed by atoms with Gasteiger partial charge in [-0.3, -0.25) is 4.98 Å². The standard InChI is InChI=1S/C22H22N6S2/c1-5-16-17(6-1)30-21-18(16)20(25-19(26-21)15-4-2-7-23-14-15)27-9-3-10-28(12-11-27)22-24-8-13-29-22/h2,4,7-8,13-14H,1,3,5-6,9-12H2. The molecule has 0 N–H and O–H groups in total. The van der Waals surface area contributed by atoms with Gasteiger partial charge < -0.3 is 9.80 Å². The van der Waals surface area contributed by atoms with Gasteiger partial charge in [0.05, 0.1) is 5.39 Å². The number of aromatic nitrogens is 4. The molecule has 0 amide bonds. The molecular formula is C22H22N6S2. The quantitative estimate of drug-likeness (QED) is 0.476. The van der Waals surface area contributed by atoms with Gasteiger partial charge >= 0.3 is 0 Å². The Hall–Kier alpha value is -2.58. The molecule has 0 spiro atoms. The molecule has 0 saturated carbocycles. The van der Waals surface area contributed by atoms with Crippen LogP contribution >= 0.6 is 22.7 Å². The summed E-state index contributed by atoms with van der Waals surface area (Å²) in [6, 6.07) is 4.00. The molecule has 152 valence electrons. The van der Waals surface area contributed by atoms with Crippen LogP contribution in [0.15, 0.2) is 36.1 Å². The van der Waals surface area contributed by atoms with Crippen molar-refractivity contribution >= 4 is 43.8 Å². The van der Waals surface area contributed by atoms with Crippen molar-refractivity contribution in [2.75, 3.05) is 36.0 Å². The molecule has 6 rings (SSSR count). The first-order valence-electron chi connectivity index (χ1n) is 10.5. The van der Waals surface area contributed by atoms with Crippen LogP contribution in [0.5, 0.6) is 0 Å². The second kappa shape index (κ2) is 7.59. The Morgan fingerprint density at radius 1 is 0.933 bits per heavy atom. The van der Waals surface area contributed by atoms with Crippen molar-refractivity contribution in [1.82, 2.24) is 19.9 Å². The van der Waals surface area contributed by atoms with Crippen LogP contribution in [0.25, 0.3) is 21.6 Å². The lowest BCUT2D eigenvalue weighted by molar-refractivity contribution is 0.799. The van der Waals surface area contributed by atoms with E-state index in [2.05, 4.69) is 25.1 Å². The zero-order valence-corrected chi connectivity index (χ0v) is 18.3. The number of thiophene rings is 1. The van der Waals surface area contributed by atoms with Gasteiger partial charge in [0.25, 0.3) is 0 Å². The number of anilines is 2. The van der Waals surface area contributed by atoms with E-state index in [1.165, 1.54) is 28.7 Å². The van der Waals surface area contributed by atoms with Gasteiger partial charge in [0.1, 0.15) is 10.6 Å². The number of fused-ring (bicyclic) bond motifs is 3. The van der Waals surface area contributed by atoms with Crippen LogP contribution in [0, 0.1) is 0 Å². The van der Waals surface area contributed by atoms with Crippen molar-refractivity contribution in [2.45, 2.75) is 25.7 Å². The van der Waals surface area contributed by atoms with Gasteiger partial charge in [0.15, 0.2) is 11.0 Å². The first-order chi connectivity index (χ1) is 14.9. The summed E-state index contributed by atoms with van der Waals surface area (Å²) in [5.74, 6) is 1.89. The molecule has 0 atom stereocenters. The van der Waals surface area contributed by atoms with E-state index in [0.717, 1.165) is 66.2 Å². The van der Waals surface area contributed by atoms with E-state index in [9.17, 15) is 0 Å². The molecule has 4 aromatic heterocycles. The maximum absolute atomic E-state index is 5.12. The first kappa shape index (κ1) is 18.2. The van der Waals surface area contributed by atoms with Crippen LogP contribution < -0.4 is 9.80 Å². The first-order valence-corrected chi connectivity index (χ1v) is 12.2. The number of hydrogen-bond acceptors (Lipinski definition) is 8. The van der Waals surface area contributed by atoms with Gasteiger partial charge in [0, 0.05) is 60.6 Å². The summed E-state index contributed by atoms with van der Waals surface area (Å²) in [4.78, 5) is 26.4. The van der Waals surface area contributed by atoms with E-state index in [-0.39, 0.29) is 0 Å². The van der Waals surface area contributed by atoms with Crippen molar-refractivity contribution in [3.63, 3.8) is 0 Å². The van der Waals surface area contributed by atoms with Gasteiger partial charge in [-0.1, -0.05) is 0 Å². The van der Waals surface area contributed by atoms with E-state index >= 15 is 0 Å². The summed E-state index contributed by atoms with van der Waals surface area (Å²) in [5.41, 5.74) is 2.47. The molecule has 4 aromatic rings. The fourth-order valence-corrected chi connectivity index (χ4v) is 6.47. The van der Waals surface area contributed by atoms with Crippen molar-refractivity contribution < 1.29 is 0 Å². The Kier molecular flexibility index (Phi) is 4.61. The molecule has 0 radical (unpaired) electrons. The molecule has 0 unspecified atom stereocenters. The zero-order valence-electron chi connectivity index (χ0n) is 16.6. The van der Waals surface area contributed by atoms with E-state index in [0.29, 0.717) is 0 Å². The molecule has 1 aliphatic carbocycles. The molecule has 0 aromatic carbocycles.